The summed E-state index contributed by atoms with van der Waals surface area (Å²) in [5, 5.41) is 10.6. The number of carboxylic acids is 1. The van der Waals surface area contributed by atoms with Gasteiger partial charge in [-0.05, 0) is 12.5 Å². The molecule has 0 radical (unpaired) electrons. The predicted molar refractivity (Wildman–Crippen MR) is 60.6 cm³/mol. The van der Waals surface area contributed by atoms with Crippen molar-refractivity contribution in [2.75, 3.05) is 0 Å². The molecule has 0 heterocycles. The van der Waals surface area contributed by atoms with Crippen molar-refractivity contribution < 1.29 is 9.90 Å². The molecule has 1 aromatic rings. The van der Waals surface area contributed by atoms with E-state index in [1.54, 1.807) is 0 Å². The van der Waals surface area contributed by atoms with Gasteiger partial charge in [-0.1, -0.05) is 61.7 Å². The van der Waals surface area contributed by atoms with Crippen LogP contribution < -0.4 is 5.11 Å². The second-order valence-electron chi connectivity index (χ2n) is 3.03. The maximum Gasteiger partial charge on any atom is 0.0707 e. The van der Waals surface area contributed by atoms with Crippen molar-refractivity contribution >= 4 is 37.8 Å². The minimum Gasteiger partial charge on any atom is -0.549 e. The fraction of sp³-hybridized carbons (Fsp3) is 0.300. The number of rotatable bonds is 3. The monoisotopic (exact) mass is 319 g/mol. The van der Waals surface area contributed by atoms with Gasteiger partial charge >= 0.3 is 0 Å². The second-order valence-corrected chi connectivity index (χ2v) is 5.01. The Labute approximate surface area is 99.6 Å². The van der Waals surface area contributed by atoms with Gasteiger partial charge in [-0.15, -0.1) is 0 Å². The number of alkyl halides is 2. The number of carbonyl (C=O) groups excluding carboxylic acids is 1. The fourth-order valence-corrected chi connectivity index (χ4v) is 1.87. The van der Waals surface area contributed by atoms with Crippen molar-refractivity contribution in [2.45, 2.75) is 16.6 Å². The molecule has 0 unspecified atom stereocenters. The third-order valence-electron chi connectivity index (χ3n) is 1.88. The molecule has 0 fully saturated rings. The molecule has 2 atom stereocenters. The van der Waals surface area contributed by atoms with E-state index >= 15 is 0 Å². The van der Waals surface area contributed by atoms with Crippen LogP contribution in [0.25, 0.3) is 0 Å². The van der Waals surface area contributed by atoms with Crippen LogP contribution >= 0.6 is 31.9 Å². The SMILES string of the molecule is Cc1ccc([C@@H](Br)[C@@H](Br)C(=O)[O-])cc1. The van der Waals surface area contributed by atoms with Gasteiger partial charge in [0.1, 0.15) is 0 Å². The van der Waals surface area contributed by atoms with Gasteiger partial charge in [-0.25, -0.2) is 0 Å². The molecule has 0 saturated heterocycles. The van der Waals surface area contributed by atoms with Crippen molar-refractivity contribution in [2.24, 2.45) is 0 Å². The van der Waals surface area contributed by atoms with E-state index in [-0.39, 0.29) is 4.83 Å². The molecule has 2 nitrogen and oxygen atoms in total. The van der Waals surface area contributed by atoms with E-state index in [2.05, 4.69) is 31.9 Å². The highest BCUT2D eigenvalue weighted by Gasteiger charge is 2.18. The van der Waals surface area contributed by atoms with Gasteiger partial charge in [0.2, 0.25) is 0 Å². The Morgan fingerprint density at radius 3 is 2.21 bits per heavy atom. The van der Waals surface area contributed by atoms with Gasteiger partial charge in [0, 0.05) is 0 Å². The first-order valence-corrected chi connectivity index (χ1v) is 5.91. The molecule has 0 aliphatic carbocycles. The van der Waals surface area contributed by atoms with Gasteiger partial charge in [-0.3, -0.25) is 0 Å². The second kappa shape index (κ2) is 4.94. The highest BCUT2D eigenvalue weighted by atomic mass is 79.9. The molecule has 4 heteroatoms. The van der Waals surface area contributed by atoms with E-state index < -0.39 is 10.8 Å². The Bertz CT molecular complexity index is 321. The summed E-state index contributed by atoms with van der Waals surface area (Å²) in [6, 6.07) is 7.68. The summed E-state index contributed by atoms with van der Waals surface area (Å²) in [4.78, 5) is 9.61. The Kier molecular flexibility index (Phi) is 4.13. The van der Waals surface area contributed by atoms with E-state index in [4.69, 9.17) is 0 Å². The Balaban J connectivity index is 2.84. The lowest BCUT2D eigenvalue weighted by atomic mass is 10.1. The van der Waals surface area contributed by atoms with Crippen molar-refractivity contribution in [3.05, 3.63) is 35.4 Å². The summed E-state index contributed by atoms with van der Waals surface area (Å²) in [7, 11) is 0. The minimum absolute atomic E-state index is 0.270. The van der Waals surface area contributed by atoms with Crippen LogP contribution in [0.1, 0.15) is 16.0 Å². The highest BCUT2D eigenvalue weighted by molar-refractivity contribution is 9.12. The molecular formula is C10H9Br2O2-. The largest absolute Gasteiger partial charge is 0.549 e. The van der Waals surface area contributed by atoms with E-state index in [1.165, 1.54) is 0 Å². The summed E-state index contributed by atoms with van der Waals surface area (Å²) in [6.07, 6.45) is 0. The zero-order chi connectivity index (χ0) is 10.7. The molecule has 0 aliphatic rings. The summed E-state index contributed by atoms with van der Waals surface area (Å²) < 4.78 is 0. The number of carboxylic acid groups (broad SMARTS) is 1. The number of aliphatic carboxylic acids is 1. The van der Waals surface area contributed by atoms with Gasteiger partial charge in [-0.2, -0.15) is 0 Å². The third-order valence-corrected chi connectivity index (χ3v) is 4.55. The molecule has 14 heavy (non-hydrogen) atoms. The number of benzene rings is 1. The third kappa shape index (κ3) is 2.82. The first-order valence-electron chi connectivity index (χ1n) is 4.08. The zero-order valence-electron chi connectivity index (χ0n) is 7.54. The molecule has 76 valence electrons. The molecule has 0 bridgehead atoms. The van der Waals surface area contributed by atoms with Crippen LogP contribution in [-0.2, 0) is 4.79 Å². The van der Waals surface area contributed by atoms with Gasteiger partial charge in [0.15, 0.2) is 0 Å². The van der Waals surface area contributed by atoms with Crippen LogP contribution in [0.4, 0.5) is 0 Å². The molecule has 0 spiro atoms. The van der Waals surface area contributed by atoms with Gasteiger partial charge in [0.25, 0.3) is 0 Å². The summed E-state index contributed by atoms with van der Waals surface area (Å²) >= 11 is 6.36. The average Bonchev–Trinajstić information content (AvgIpc) is 2.16. The Morgan fingerprint density at radius 2 is 1.79 bits per heavy atom. The van der Waals surface area contributed by atoms with Crippen LogP contribution in [0.2, 0.25) is 0 Å². The van der Waals surface area contributed by atoms with Crippen LogP contribution in [0.3, 0.4) is 0 Å². The van der Waals surface area contributed by atoms with Crippen LogP contribution in [0.5, 0.6) is 0 Å². The molecule has 0 amide bonds. The number of aryl methyl sites for hydroxylation is 1. The topological polar surface area (TPSA) is 40.1 Å². The van der Waals surface area contributed by atoms with Crippen molar-refractivity contribution in [1.82, 2.24) is 0 Å². The lowest BCUT2D eigenvalue weighted by Crippen LogP contribution is -2.34. The van der Waals surface area contributed by atoms with Crippen LogP contribution in [0.15, 0.2) is 24.3 Å². The van der Waals surface area contributed by atoms with E-state index in [1.807, 2.05) is 31.2 Å². The maximum absolute atomic E-state index is 10.6. The summed E-state index contributed by atoms with van der Waals surface area (Å²) in [5.41, 5.74) is 2.06. The molecular weight excluding hydrogens is 312 g/mol. The van der Waals surface area contributed by atoms with E-state index in [9.17, 15) is 9.90 Å². The lowest BCUT2D eigenvalue weighted by Gasteiger charge is -2.17. The quantitative estimate of drug-likeness (QED) is 0.799. The molecule has 1 rings (SSSR count). The number of hydrogen-bond acceptors (Lipinski definition) is 2. The molecule has 1 aromatic carbocycles. The van der Waals surface area contributed by atoms with Crippen molar-refractivity contribution in [3.8, 4) is 0 Å². The molecule has 0 saturated carbocycles. The number of halogens is 2. The van der Waals surface area contributed by atoms with Crippen LogP contribution in [0, 0.1) is 6.92 Å². The zero-order valence-corrected chi connectivity index (χ0v) is 10.7. The minimum atomic E-state index is -1.12. The molecule has 0 N–H and O–H groups in total. The molecule has 0 aromatic heterocycles. The Morgan fingerprint density at radius 1 is 1.29 bits per heavy atom. The fourth-order valence-electron chi connectivity index (χ4n) is 1.04. The smallest absolute Gasteiger partial charge is 0.0707 e. The maximum atomic E-state index is 10.6. The van der Waals surface area contributed by atoms with E-state index in [0.717, 1.165) is 11.1 Å². The van der Waals surface area contributed by atoms with Crippen molar-refractivity contribution in [3.63, 3.8) is 0 Å². The van der Waals surface area contributed by atoms with Crippen molar-refractivity contribution in [1.29, 1.82) is 0 Å². The normalized spacial score (nSPS) is 14.8. The first-order chi connectivity index (χ1) is 6.52. The number of hydrogen-bond donors (Lipinski definition) is 0. The number of carbonyl (C=O) groups is 1. The Hall–Kier alpha value is -0.350. The van der Waals surface area contributed by atoms with Crippen LogP contribution in [-0.4, -0.2) is 10.8 Å². The predicted octanol–water partition coefficient (Wildman–Crippen LogP) is 1.94. The first kappa shape index (κ1) is 11.7. The lowest BCUT2D eigenvalue weighted by molar-refractivity contribution is -0.304. The van der Waals surface area contributed by atoms with Gasteiger partial charge in [0.05, 0.1) is 15.6 Å². The average molecular weight is 321 g/mol. The van der Waals surface area contributed by atoms with E-state index in [0.29, 0.717) is 0 Å². The standard InChI is InChI=1S/C10H10Br2O2/c1-6-2-4-7(5-3-6)8(11)9(12)10(13)14/h2-5,8-9H,1H3,(H,13,14)/p-1/t8-,9-/m1/s1. The molecule has 0 aliphatic heterocycles. The highest BCUT2D eigenvalue weighted by Crippen LogP contribution is 2.30. The summed E-state index contributed by atoms with van der Waals surface area (Å²) in [6.45, 7) is 1.98. The summed E-state index contributed by atoms with van der Waals surface area (Å²) in [5.74, 6) is -1.12. The van der Waals surface area contributed by atoms with Gasteiger partial charge < -0.3 is 9.90 Å².